The predicted molar refractivity (Wildman–Crippen MR) is 75.7 cm³/mol. The first-order valence-electron chi connectivity index (χ1n) is 6.62. The molecule has 0 radical (unpaired) electrons. The van der Waals surface area contributed by atoms with Crippen molar-refractivity contribution in [2.24, 2.45) is 0 Å². The monoisotopic (exact) mass is 318 g/mol. The summed E-state index contributed by atoms with van der Waals surface area (Å²) in [5.74, 6) is -0.547. The Hall–Kier alpha value is -1.38. The molecule has 118 valence electrons. The summed E-state index contributed by atoms with van der Waals surface area (Å²) in [5, 5.41) is 3.14. The zero-order valence-corrected chi connectivity index (χ0v) is 12.8. The van der Waals surface area contributed by atoms with E-state index in [2.05, 4.69) is 10.0 Å². The van der Waals surface area contributed by atoms with E-state index in [9.17, 15) is 12.8 Å². The molecule has 2 rings (SSSR count). The first-order chi connectivity index (χ1) is 9.97. The Morgan fingerprint density at radius 1 is 1.19 bits per heavy atom. The van der Waals surface area contributed by atoms with Gasteiger partial charge in [0, 0.05) is 18.2 Å². The van der Waals surface area contributed by atoms with E-state index in [-0.39, 0.29) is 17.5 Å². The van der Waals surface area contributed by atoms with Gasteiger partial charge in [-0.1, -0.05) is 0 Å². The number of hydrogen-bond acceptors (Lipinski definition) is 5. The van der Waals surface area contributed by atoms with E-state index in [0.29, 0.717) is 12.8 Å². The maximum absolute atomic E-state index is 14.0. The van der Waals surface area contributed by atoms with Crippen molar-refractivity contribution in [1.29, 1.82) is 0 Å². The van der Waals surface area contributed by atoms with Crippen LogP contribution in [-0.4, -0.2) is 41.8 Å². The molecular formula is C13H19FN2O4S. The Kier molecular flexibility index (Phi) is 5.02. The number of methoxy groups -OCH3 is 2. The molecule has 21 heavy (non-hydrogen) atoms. The Morgan fingerprint density at radius 2 is 1.76 bits per heavy atom. The standard InChI is InChI=1S/C13H19FN2O4S/c1-19-11-7-10(14)13(8-12(11)20-2)21(17,18)16-9-3-5-15-6-4-9/h7-9,15-16H,3-6H2,1-2H3. The molecule has 1 saturated heterocycles. The molecule has 0 spiro atoms. The van der Waals surface area contributed by atoms with Gasteiger partial charge in [0.1, 0.15) is 10.7 Å². The molecule has 0 amide bonds. The lowest BCUT2D eigenvalue weighted by molar-refractivity contribution is 0.350. The van der Waals surface area contributed by atoms with Crippen molar-refractivity contribution in [2.75, 3.05) is 27.3 Å². The van der Waals surface area contributed by atoms with Gasteiger partial charge in [-0.15, -0.1) is 0 Å². The predicted octanol–water partition coefficient (Wildman–Crippen LogP) is 0.873. The molecule has 0 aliphatic carbocycles. The SMILES string of the molecule is COc1cc(F)c(S(=O)(=O)NC2CCNCC2)cc1OC. The Bertz CT molecular complexity index is 600. The lowest BCUT2D eigenvalue weighted by atomic mass is 10.1. The largest absolute Gasteiger partial charge is 0.493 e. The highest BCUT2D eigenvalue weighted by atomic mass is 32.2. The number of nitrogens with one attached hydrogen (secondary N) is 2. The van der Waals surface area contributed by atoms with Crippen molar-refractivity contribution in [1.82, 2.24) is 10.0 Å². The van der Waals surface area contributed by atoms with Crippen molar-refractivity contribution in [2.45, 2.75) is 23.8 Å². The zero-order chi connectivity index (χ0) is 15.5. The van der Waals surface area contributed by atoms with Crippen LogP contribution in [0.5, 0.6) is 11.5 Å². The van der Waals surface area contributed by atoms with Crippen molar-refractivity contribution in [3.63, 3.8) is 0 Å². The first-order valence-corrected chi connectivity index (χ1v) is 8.11. The molecular weight excluding hydrogens is 299 g/mol. The van der Waals surface area contributed by atoms with Crippen LogP contribution < -0.4 is 19.5 Å². The van der Waals surface area contributed by atoms with Crippen LogP contribution in [0.15, 0.2) is 17.0 Å². The summed E-state index contributed by atoms with van der Waals surface area (Å²) in [5.41, 5.74) is 0. The van der Waals surface area contributed by atoms with Gasteiger partial charge in [0.05, 0.1) is 14.2 Å². The minimum atomic E-state index is -3.94. The van der Waals surface area contributed by atoms with Crippen LogP contribution in [0.4, 0.5) is 4.39 Å². The smallest absolute Gasteiger partial charge is 0.243 e. The maximum Gasteiger partial charge on any atom is 0.243 e. The topological polar surface area (TPSA) is 76.7 Å². The van der Waals surface area contributed by atoms with Gasteiger partial charge >= 0.3 is 0 Å². The van der Waals surface area contributed by atoms with Crippen LogP contribution in [0.25, 0.3) is 0 Å². The van der Waals surface area contributed by atoms with E-state index >= 15 is 0 Å². The van der Waals surface area contributed by atoms with E-state index in [1.54, 1.807) is 0 Å². The van der Waals surface area contributed by atoms with Crippen molar-refractivity contribution in [3.05, 3.63) is 17.9 Å². The molecule has 0 atom stereocenters. The minimum Gasteiger partial charge on any atom is -0.493 e. The van der Waals surface area contributed by atoms with Crippen molar-refractivity contribution in [3.8, 4) is 11.5 Å². The molecule has 1 aromatic carbocycles. The van der Waals surface area contributed by atoms with E-state index in [4.69, 9.17) is 9.47 Å². The summed E-state index contributed by atoms with van der Waals surface area (Å²) >= 11 is 0. The molecule has 1 fully saturated rings. The van der Waals surface area contributed by atoms with E-state index in [0.717, 1.165) is 25.2 Å². The van der Waals surface area contributed by atoms with Crippen molar-refractivity contribution < 1.29 is 22.3 Å². The van der Waals surface area contributed by atoms with Gasteiger partial charge in [0.15, 0.2) is 11.5 Å². The molecule has 1 aliphatic rings. The summed E-state index contributed by atoms with van der Waals surface area (Å²) in [6.07, 6.45) is 1.35. The molecule has 8 heteroatoms. The molecule has 0 aromatic heterocycles. The highest BCUT2D eigenvalue weighted by Gasteiger charge is 2.26. The molecule has 0 saturated carbocycles. The van der Waals surface area contributed by atoms with Gasteiger partial charge in [-0.05, 0) is 25.9 Å². The fourth-order valence-electron chi connectivity index (χ4n) is 2.26. The second-order valence-corrected chi connectivity index (χ2v) is 6.47. The number of benzene rings is 1. The van der Waals surface area contributed by atoms with Gasteiger partial charge in [0.25, 0.3) is 0 Å². The Morgan fingerprint density at radius 3 is 2.33 bits per heavy atom. The number of piperidine rings is 1. The molecule has 1 aliphatic heterocycles. The summed E-state index contributed by atoms with van der Waals surface area (Å²) in [6, 6.07) is 1.96. The lowest BCUT2D eigenvalue weighted by Gasteiger charge is -2.23. The fraction of sp³-hybridized carbons (Fsp3) is 0.538. The van der Waals surface area contributed by atoms with Gasteiger partial charge in [-0.3, -0.25) is 0 Å². The average molecular weight is 318 g/mol. The number of rotatable bonds is 5. The highest BCUT2D eigenvalue weighted by molar-refractivity contribution is 7.89. The average Bonchev–Trinajstić information content (AvgIpc) is 2.47. The van der Waals surface area contributed by atoms with Crippen molar-refractivity contribution >= 4 is 10.0 Å². The van der Waals surface area contributed by atoms with Crippen LogP contribution >= 0.6 is 0 Å². The highest BCUT2D eigenvalue weighted by Crippen LogP contribution is 2.32. The summed E-state index contributed by atoms with van der Waals surface area (Å²) in [4.78, 5) is -0.432. The Balaban J connectivity index is 2.30. The molecule has 0 unspecified atom stereocenters. The van der Waals surface area contributed by atoms with E-state index < -0.39 is 20.7 Å². The van der Waals surface area contributed by atoms with Crippen LogP contribution in [-0.2, 0) is 10.0 Å². The third kappa shape index (κ3) is 3.63. The molecule has 2 N–H and O–H groups in total. The minimum absolute atomic E-state index is 0.149. The van der Waals surface area contributed by atoms with Gasteiger partial charge in [-0.2, -0.15) is 0 Å². The summed E-state index contributed by atoms with van der Waals surface area (Å²) in [7, 11) is -1.21. The number of halogens is 1. The maximum atomic E-state index is 14.0. The normalized spacial score (nSPS) is 16.7. The third-order valence-electron chi connectivity index (χ3n) is 3.39. The third-order valence-corrected chi connectivity index (χ3v) is 4.92. The Labute approximate surface area is 123 Å². The van der Waals surface area contributed by atoms with Crippen LogP contribution in [0.3, 0.4) is 0 Å². The number of sulfonamides is 1. The first kappa shape index (κ1) is 16.0. The van der Waals surface area contributed by atoms with Crippen LogP contribution in [0.1, 0.15) is 12.8 Å². The second kappa shape index (κ2) is 6.59. The molecule has 1 aromatic rings. The zero-order valence-electron chi connectivity index (χ0n) is 12.0. The number of hydrogen-bond donors (Lipinski definition) is 2. The summed E-state index contributed by atoms with van der Waals surface area (Å²) < 4.78 is 51.2. The van der Waals surface area contributed by atoms with Gasteiger partial charge < -0.3 is 14.8 Å². The fourth-order valence-corrected chi connectivity index (χ4v) is 3.64. The van der Waals surface area contributed by atoms with E-state index in [1.165, 1.54) is 14.2 Å². The molecule has 1 heterocycles. The van der Waals surface area contributed by atoms with Gasteiger partial charge in [0.2, 0.25) is 10.0 Å². The van der Waals surface area contributed by atoms with Gasteiger partial charge in [-0.25, -0.2) is 17.5 Å². The van der Waals surface area contributed by atoms with Crippen LogP contribution in [0.2, 0.25) is 0 Å². The quantitative estimate of drug-likeness (QED) is 0.842. The number of ether oxygens (including phenoxy) is 2. The van der Waals surface area contributed by atoms with Crippen LogP contribution in [0, 0.1) is 5.82 Å². The molecule has 0 bridgehead atoms. The van der Waals surface area contributed by atoms with E-state index in [1.807, 2.05) is 0 Å². The summed E-state index contributed by atoms with van der Waals surface area (Å²) in [6.45, 7) is 1.48. The molecule has 6 nitrogen and oxygen atoms in total. The lowest BCUT2D eigenvalue weighted by Crippen LogP contribution is -2.42. The second-order valence-electron chi connectivity index (χ2n) is 4.78.